The summed E-state index contributed by atoms with van der Waals surface area (Å²) in [6.07, 6.45) is 0. The third-order valence-corrected chi connectivity index (χ3v) is 4.40. The maximum absolute atomic E-state index is 5.53. The molecule has 0 saturated heterocycles. The molecule has 2 rings (SSSR count). The number of anilines is 2. The Balaban J connectivity index is 2.29. The number of rotatable bonds is 7. The van der Waals surface area contributed by atoms with Gasteiger partial charge in [0.15, 0.2) is 10.2 Å². The highest BCUT2D eigenvalue weighted by molar-refractivity contribution is 7.80. The number of nitrogens with one attached hydrogen (secondary N) is 4. The quantitative estimate of drug-likeness (QED) is 0.504. The van der Waals surface area contributed by atoms with E-state index in [4.69, 9.17) is 33.9 Å². The highest BCUT2D eigenvalue weighted by atomic mass is 32.1. The van der Waals surface area contributed by atoms with Crippen molar-refractivity contribution in [3.63, 3.8) is 0 Å². The van der Waals surface area contributed by atoms with E-state index in [1.165, 1.54) is 0 Å². The minimum absolute atomic E-state index is 0.558. The highest BCUT2D eigenvalue weighted by Gasteiger charge is 2.11. The van der Waals surface area contributed by atoms with Crippen LogP contribution in [-0.4, -0.2) is 37.5 Å². The van der Waals surface area contributed by atoms with Gasteiger partial charge < -0.3 is 30.7 Å². The van der Waals surface area contributed by atoms with Crippen molar-refractivity contribution in [2.75, 3.05) is 37.9 Å². The predicted molar refractivity (Wildman–Crippen MR) is 125 cm³/mol. The first-order valence-electron chi connectivity index (χ1n) is 8.98. The van der Waals surface area contributed by atoms with Gasteiger partial charge in [0.05, 0.1) is 25.6 Å². The van der Waals surface area contributed by atoms with Crippen LogP contribution < -0.4 is 30.7 Å². The van der Waals surface area contributed by atoms with Gasteiger partial charge >= 0.3 is 0 Å². The fourth-order valence-electron chi connectivity index (χ4n) is 2.60. The van der Waals surface area contributed by atoms with Gasteiger partial charge in [-0.05, 0) is 73.7 Å². The average molecular weight is 419 g/mol. The summed E-state index contributed by atoms with van der Waals surface area (Å²) in [5, 5.41) is 13.5. The maximum atomic E-state index is 5.53. The monoisotopic (exact) mass is 418 g/mol. The smallest absolute Gasteiger partial charge is 0.170 e. The summed E-state index contributed by atoms with van der Waals surface area (Å²) in [5.41, 5.74) is 3.60. The fourth-order valence-corrected chi connectivity index (χ4v) is 3.11. The zero-order valence-electron chi connectivity index (χ0n) is 16.5. The molecule has 0 amide bonds. The molecular formula is C20H26N4O2S2. The maximum Gasteiger partial charge on any atom is 0.170 e. The summed E-state index contributed by atoms with van der Waals surface area (Å²) in [7, 11) is 3.27. The Morgan fingerprint density at radius 2 is 1.14 bits per heavy atom. The van der Waals surface area contributed by atoms with E-state index in [0.29, 0.717) is 21.7 Å². The first-order valence-corrected chi connectivity index (χ1v) is 9.80. The largest absolute Gasteiger partial charge is 0.495 e. The predicted octanol–water partition coefficient (Wildman–Crippen LogP) is 3.98. The van der Waals surface area contributed by atoms with Crippen LogP contribution in [0.4, 0.5) is 11.4 Å². The molecule has 0 aromatic heterocycles. The molecule has 0 unspecified atom stereocenters. The van der Waals surface area contributed by atoms with Crippen LogP contribution in [-0.2, 0) is 0 Å². The second-order valence-electron chi connectivity index (χ2n) is 5.80. The standard InChI is InChI=1S/C20H26N4O2S2/c1-5-21-19(27)23-15-9-7-13(11-17(15)25-3)14-8-10-16(18(12-14)26-4)24-20(28)22-6-2/h7-12H,5-6H2,1-4H3,(H2,21,23,27)(H2,22,24,28). The van der Waals surface area contributed by atoms with Crippen molar-refractivity contribution >= 4 is 46.0 Å². The van der Waals surface area contributed by atoms with Gasteiger partial charge in [-0.3, -0.25) is 0 Å². The van der Waals surface area contributed by atoms with Crippen LogP contribution in [0.15, 0.2) is 36.4 Å². The van der Waals surface area contributed by atoms with Crippen molar-refractivity contribution in [2.45, 2.75) is 13.8 Å². The lowest BCUT2D eigenvalue weighted by atomic mass is 10.0. The molecule has 2 aromatic carbocycles. The summed E-state index contributed by atoms with van der Waals surface area (Å²) < 4.78 is 11.1. The van der Waals surface area contributed by atoms with Crippen molar-refractivity contribution in [2.24, 2.45) is 0 Å². The van der Waals surface area contributed by atoms with Crippen molar-refractivity contribution < 1.29 is 9.47 Å². The highest BCUT2D eigenvalue weighted by Crippen LogP contribution is 2.34. The number of thiocarbonyl (C=S) groups is 2. The van der Waals surface area contributed by atoms with E-state index in [1.54, 1.807) is 14.2 Å². The zero-order valence-corrected chi connectivity index (χ0v) is 18.1. The van der Waals surface area contributed by atoms with Crippen LogP contribution >= 0.6 is 24.4 Å². The molecule has 0 bridgehead atoms. The molecule has 4 N–H and O–H groups in total. The second-order valence-corrected chi connectivity index (χ2v) is 6.62. The van der Waals surface area contributed by atoms with E-state index in [9.17, 15) is 0 Å². The van der Waals surface area contributed by atoms with Crippen molar-refractivity contribution in [3.05, 3.63) is 36.4 Å². The fraction of sp³-hybridized carbons (Fsp3) is 0.300. The van der Waals surface area contributed by atoms with Crippen LogP contribution in [0.1, 0.15) is 13.8 Å². The molecule has 2 aromatic rings. The summed E-state index contributed by atoms with van der Waals surface area (Å²) >= 11 is 10.5. The topological polar surface area (TPSA) is 66.6 Å². The lowest BCUT2D eigenvalue weighted by Gasteiger charge is -2.16. The lowest BCUT2D eigenvalue weighted by Crippen LogP contribution is -2.28. The van der Waals surface area contributed by atoms with Gasteiger partial charge in [0.2, 0.25) is 0 Å². The Morgan fingerprint density at radius 3 is 1.46 bits per heavy atom. The Hall–Kier alpha value is -2.58. The third kappa shape index (κ3) is 5.71. The van der Waals surface area contributed by atoms with Crippen LogP contribution in [0.3, 0.4) is 0 Å². The molecule has 6 nitrogen and oxygen atoms in total. The molecule has 0 spiro atoms. The molecule has 0 fully saturated rings. The number of benzene rings is 2. The number of methoxy groups -OCH3 is 2. The normalized spacial score (nSPS) is 10.0. The first-order chi connectivity index (χ1) is 13.5. The lowest BCUT2D eigenvalue weighted by molar-refractivity contribution is 0.416. The number of ether oxygens (including phenoxy) is 2. The van der Waals surface area contributed by atoms with Gasteiger partial charge in [-0.25, -0.2) is 0 Å². The van der Waals surface area contributed by atoms with E-state index in [2.05, 4.69) is 21.3 Å². The molecule has 0 heterocycles. The minimum atomic E-state index is 0.558. The first kappa shape index (κ1) is 21.7. The van der Waals surface area contributed by atoms with Gasteiger partial charge in [0.1, 0.15) is 11.5 Å². The number of hydrogen-bond acceptors (Lipinski definition) is 4. The van der Waals surface area contributed by atoms with E-state index in [0.717, 1.165) is 35.6 Å². The Bertz CT molecular complexity index is 773. The minimum Gasteiger partial charge on any atom is -0.495 e. The van der Waals surface area contributed by atoms with Crippen LogP contribution in [0.2, 0.25) is 0 Å². The van der Waals surface area contributed by atoms with E-state index >= 15 is 0 Å². The molecule has 150 valence electrons. The van der Waals surface area contributed by atoms with Crippen molar-refractivity contribution in [1.29, 1.82) is 0 Å². The van der Waals surface area contributed by atoms with Gasteiger partial charge in [-0.2, -0.15) is 0 Å². The average Bonchev–Trinajstić information content (AvgIpc) is 2.69. The van der Waals surface area contributed by atoms with E-state index in [-0.39, 0.29) is 0 Å². The SMILES string of the molecule is CCNC(=S)Nc1ccc(-c2ccc(NC(=S)NCC)c(OC)c2)cc1OC. The molecule has 0 aliphatic rings. The molecule has 0 radical (unpaired) electrons. The van der Waals surface area contributed by atoms with Gasteiger partial charge in [0.25, 0.3) is 0 Å². The Kier molecular flexibility index (Phi) is 8.28. The Morgan fingerprint density at radius 1 is 0.750 bits per heavy atom. The van der Waals surface area contributed by atoms with Gasteiger partial charge in [0, 0.05) is 13.1 Å². The third-order valence-electron chi connectivity index (χ3n) is 3.91. The van der Waals surface area contributed by atoms with Crippen molar-refractivity contribution in [1.82, 2.24) is 10.6 Å². The van der Waals surface area contributed by atoms with E-state index in [1.807, 2.05) is 50.2 Å². The summed E-state index contributed by atoms with van der Waals surface area (Å²) in [5.74, 6) is 1.40. The molecule has 0 atom stereocenters. The molecule has 0 saturated carbocycles. The zero-order chi connectivity index (χ0) is 20.5. The second kappa shape index (κ2) is 10.7. The Labute approximate surface area is 177 Å². The van der Waals surface area contributed by atoms with Crippen molar-refractivity contribution in [3.8, 4) is 22.6 Å². The molecule has 28 heavy (non-hydrogen) atoms. The molecule has 8 heteroatoms. The molecule has 0 aliphatic heterocycles. The summed E-state index contributed by atoms with van der Waals surface area (Å²) in [6.45, 7) is 5.49. The van der Waals surface area contributed by atoms with Crippen LogP contribution in [0.25, 0.3) is 11.1 Å². The summed E-state index contributed by atoms with van der Waals surface area (Å²) in [4.78, 5) is 0. The molecular weight excluding hydrogens is 392 g/mol. The number of hydrogen-bond donors (Lipinski definition) is 4. The summed E-state index contributed by atoms with van der Waals surface area (Å²) in [6, 6.07) is 11.8. The molecule has 0 aliphatic carbocycles. The van der Waals surface area contributed by atoms with E-state index < -0.39 is 0 Å². The van der Waals surface area contributed by atoms with Gasteiger partial charge in [-0.1, -0.05) is 12.1 Å². The van der Waals surface area contributed by atoms with Crippen LogP contribution in [0.5, 0.6) is 11.5 Å². The van der Waals surface area contributed by atoms with Crippen LogP contribution in [0, 0.1) is 0 Å². The van der Waals surface area contributed by atoms with Gasteiger partial charge in [-0.15, -0.1) is 0 Å².